The molecule has 1 aliphatic rings. The van der Waals surface area contributed by atoms with E-state index >= 15 is 0 Å². The third-order valence-corrected chi connectivity index (χ3v) is 7.38. The predicted octanol–water partition coefficient (Wildman–Crippen LogP) is 4.10. The molecule has 1 atom stereocenters. The molecule has 1 N–H and O–H groups in total. The zero-order chi connectivity index (χ0) is 22.9. The van der Waals surface area contributed by atoms with Gasteiger partial charge in [-0.3, -0.25) is 9.10 Å². The van der Waals surface area contributed by atoms with Crippen LogP contribution in [-0.4, -0.2) is 34.6 Å². The average molecular weight is 453 g/mol. The van der Waals surface area contributed by atoms with Crippen LogP contribution in [0.2, 0.25) is 0 Å². The van der Waals surface area contributed by atoms with Crippen LogP contribution in [0.1, 0.15) is 22.8 Å². The first-order valence-corrected chi connectivity index (χ1v) is 11.5. The highest BCUT2D eigenvalue weighted by atomic mass is 32.2. The minimum absolute atomic E-state index is 0.0614. The number of methoxy groups -OCH3 is 2. The van der Waals surface area contributed by atoms with Gasteiger partial charge in [-0.05, 0) is 55.3 Å². The Labute approximate surface area is 187 Å². The highest BCUT2D eigenvalue weighted by Gasteiger charge is 2.36. The number of hydrogen-bond donors (Lipinski definition) is 1. The third kappa shape index (κ3) is 3.89. The molecule has 4 rings (SSSR count). The molecule has 1 amide bonds. The molecule has 0 aliphatic carbocycles. The first-order valence-electron chi connectivity index (χ1n) is 10.1. The minimum Gasteiger partial charge on any atom is -0.497 e. The van der Waals surface area contributed by atoms with E-state index in [0.29, 0.717) is 29.3 Å². The van der Waals surface area contributed by atoms with Crippen molar-refractivity contribution < 1.29 is 22.7 Å². The maximum absolute atomic E-state index is 13.5. The number of ether oxygens (including phenoxy) is 2. The summed E-state index contributed by atoms with van der Waals surface area (Å²) in [6.07, 6.45) is 0.644. The maximum atomic E-state index is 13.5. The van der Waals surface area contributed by atoms with Gasteiger partial charge in [-0.1, -0.05) is 24.3 Å². The van der Waals surface area contributed by atoms with Crippen LogP contribution < -0.4 is 19.1 Å². The monoisotopic (exact) mass is 452 g/mol. The predicted molar refractivity (Wildman–Crippen MR) is 123 cm³/mol. The fourth-order valence-electron chi connectivity index (χ4n) is 3.92. The van der Waals surface area contributed by atoms with Crippen LogP contribution in [0.15, 0.2) is 71.6 Å². The molecule has 3 aromatic rings. The van der Waals surface area contributed by atoms with Gasteiger partial charge in [0.15, 0.2) is 0 Å². The zero-order valence-electron chi connectivity index (χ0n) is 18.0. The third-order valence-electron chi connectivity index (χ3n) is 5.45. The lowest BCUT2D eigenvalue weighted by Crippen LogP contribution is -2.35. The molecule has 32 heavy (non-hydrogen) atoms. The van der Waals surface area contributed by atoms with E-state index in [9.17, 15) is 13.2 Å². The van der Waals surface area contributed by atoms with Gasteiger partial charge in [0.1, 0.15) is 11.5 Å². The number of fused-ring (bicyclic) bond motifs is 1. The summed E-state index contributed by atoms with van der Waals surface area (Å²) in [5.41, 5.74) is 2.31. The van der Waals surface area contributed by atoms with Gasteiger partial charge < -0.3 is 14.8 Å². The van der Waals surface area contributed by atoms with Crippen molar-refractivity contribution in [3.63, 3.8) is 0 Å². The summed E-state index contributed by atoms with van der Waals surface area (Å²) in [6.45, 7) is 1.88. The number of carbonyl (C=O) groups excluding carboxylic acids is 1. The molecule has 166 valence electrons. The second-order valence-electron chi connectivity index (χ2n) is 7.53. The van der Waals surface area contributed by atoms with Crippen LogP contribution >= 0.6 is 0 Å². The number of sulfonamides is 1. The summed E-state index contributed by atoms with van der Waals surface area (Å²) >= 11 is 0. The lowest BCUT2D eigenvalue weighted by molar-refractivity contribution is 0.102. The fraction of sp³-hybridized carbons (Fsp3) is 0.208. The van der Waals surface area contributed by atoms with Crippen LogP contribution in [0.25, 0.3) is 0 Å². The van der Waals surface area contributed by atoms with E-state index in [2.05, 4.69) is 5.32 Å². The summed E-state index contributed by atoms with van der Waals surface area (Å²) in [7, 11) is -0.818. The Morgan fingerprint density at radius 3 is 2.53 bits per heavy atom. The van der Waals surface area contributed by atoms with Crippen molar-refractivity contribution in [1.29, 1.82) is 0 Å². The number of nitrogens with one attached hydrogen (secondary N) is 1. The molecule has 0 radical (unpaired) electrons. The number of rotatable bonds is 6. The molecule has 0 saturated carbocycles. The molecule has 1 heterocycles. The molecule has 3 aromatic carbocycles. The van der Waals surface area contributed by atoms with Crippen molar-refractivity contribution in [2.24, 2.45) is 0 Å². The SMILES string of the molecule is COc1ccc(OC)c(NC(=O)c2cccc(S(=O)(=O)N3c4ccccc4C[C@H]3C)c2)c1. The molecule has 0 aromatic heterocycles. The number of amides is 1. The second-order valence-corrected chi connectivity index (χ2v) is 9.35. The van der Waals surface area contributed by atoms with Gasteiger partial charge in [0, 0.05) is 17.7 Å². The van der Waals surface area contributed by atoms with Gasteiger partial charge in [-0.2, -0.15) is 0 Å². The quantitative estimate of drug-likeness (QED) is 0.609. The molecule has 0 bridgehead atoms. The van der Waals surface area contributed by atoms with E-state index in [1.165, 1.54) is 30.7 Å². The number of anilines is 2. The van der Waals surface area contributed by atoms with E-state index in [-0.39, 0.29) is 16.5 Å². The van der Waals surface area contributed by atoms with Crippen LogP contribution in [0.4, 0.5) is 11.4 Å². The summed E-state index contributed by atoms with van der Waals surface area (Å²) in [4.78, 5) is 13.0. The summed E-state index contributed by atoms with van der Waals surface area (Å²) in [5, 5.41) is 2.77. The van der Waals surface area contributed by atoms with Crippen molar-refractivity contribution in [3.05, 3.63) is 77.9 Å². The van der Waals surface area contributed by atoms with Gasteiger partial charge in [0.05, 0.1) is 30.5 Å². The number of carbonyl (C=O) groups is 1. The molecule has 8 heteroatoms. The molecule has 0 fully saturated rings. The highest BCUT2D eigenvalue weighted by Crippen LogP contribution is 2.36. The van der Waals surface area contributed by atoms with E-state index in [1.54, 1.807) is 30.3 Å². The number of nitrogens with zero attached hydrogens (tertiary/aromatic N) is 1. The van der Waals surface area contributed by atoms with Crippen molar-refractivity contribution in [2.45, 2.75) is 24.3 Å². The smallest absolute Gasteiger partial charge is 0.264 e. The summed E-state index contributed by atoms with van der Waals surface area (Å²) < 4.78 is 38.9. The van der Waals surface area contributed by atoms with Crippen LogP contribution in [0.3, 0.4) is 0 Å². The topological polar surface area (TPSA) is 84.9 Å². The van der Waals surface area contributed by atoms with E-state index in [0.717, 1.165) is 5.56 Å². The van der Waals surface area contributed by atoms with Crippen molar-refractivity contribution in [3.8, 4) is 11.5 Å². The Bertz CT molecular complexity index is 1270. The Balaban J connectivity index is 1.65. The summed E-state index contributed by atoms with van der Waals surface area (Å²) in [5.74, 6) is 0.563. The molecular formula is C24H24N2O5S. The Morgan fingerprint density at radius 1 is 1.00 bits per heavy atom. The molecule has 1 aliphatic heterocycles. The number of para-hydroxylation sites is 1. The van der Waals surface area contributed by atoms with Gasteiger partial charge in [0.2, 0.25) is 0 Å². The van der Waals surface area contributed by atoms with Gasteiger partial charge >= 0.3 is 0 Å². The second kappa shape index (κ2) is 8.55. The first-order chi connectivity index (χ1) is 15.3. The van der Waals surface area contributed by atoms with E-state index < -0.39 is 15.9 Å². The Morgan fingerprint density at radius 2 is 1.78 bits per heavy atom. The largest absolute Gasteiger partial charge is 0.497 e. The Hall–Kier alpha value is -3.52. The lowest BCUT2D eigenvalue weighted by atomic mass is 10.1. The standard InChI is InChI=1S/C24H24N2O5S/c1-16-13-17-7-4-5-10-22(17)26(16)32(28,29)20-9-6-8-18(14-20)24(27)25-21-15-19(30-2)11-12-23(21)31-3/h4-12,14-16H,13H2,1-3H3,(H,25,27)/t16-/m1/s1. The highest BCUT2D eigenvalue weighted by molar-refractivity contribution is 7.92. The zero-order valence-corrected chi connectivity index (χ0v) is 18.8. The number of benzene rings is 3. The van der Waals surface area contributed by atoms with Crippen molar-refractivity contribution >= 4 is 27.3 Å². The normalized spacial score (nSPS) is 15.2. The van der Waals surface area contributed by atoms with Crippen LogP contribution in [0, 0.1) is 0 Å². The molecule has 0 saturated heterocycles. The maximum Gasteiger partial charge on any atom is 0.264 e. The van der Waals surface area contributed by atoms with E-state index in [4.69, 9.17) is 9.47 Å². The molecular weight excluding hydrogens is 428 g/mol. The van der Waals surface area contributed by atoms with Gasteiger partial charge in [-0.25, -0.2) is 8.42 Å². The lowest BCUT2D eigenvalue weighted by Gasteiger charge is -2.24. The van der Waals surface area contributed by atoms with Crippen LogP contribution in [-0.2, 0) is 16.4 Å². The molecule has 0 unspecified atom stereocenters. The summed E-state index contributed by atoms with van der Waals surface area (Å²) in [6, 6.07) is 18.3. The molecule has 7 nitrogen and oxygen atoms in total. The first kappa shape index (κ1) is 21.7. The van der Waals surface area contributed by atoms with E-state index in [1.807, 2.05) is 31.2 Å². The van der Waals surface area contributed by atoms with Crippen molar-refractivity contribution in [2.75, 3.05) is 23.8 Å². The van der Waals surface area contributed by atoms with Gasteiger partial charge in [-0.15, -0.1) is 0 Å². The Kier molecular flexibility index (Phi) is 5.80. The van der Waals surface area contributed by atoms with Crippen molar-refractivity contribution in [1.82, 2.24) is 0 Å². The molecule has 0 spiro atoms. The average Bonchev–Trinajstić information content (AvgIpc) is 3.15. The fourth-order valence-corrected chi connectivity index (χ4v) is 5.66. The minimum atomic E-state index is -3.85. The van der Waals surface area contributed by atoms with Gasteiger partial charge in [0.25, 0.3) is 15.9 Å². The van der Waals surface area contributed by atoms with Crippen LogP contribution in [0.5, 0.6) is 11.5 Å². The number of hydrogen-bond acceptors (Lipinski definition) is 5.